The number of amides is 3. The molecular formula is C32H26ClN3O5S. The largest absolute Gasteiger partial charge is 0.478 e. The summed E-state index contributed by atoms with van der Waals surface area (Å²) in [7, 11) is 0. The van der Waals surface area contributed by atoms with Gasteiger partial charge in [0.25, 0.3) is 11.8 Å². The van der Waals surface area contributed by atoms with Crippen LogP contribution in [0, 0.1) is 0 Å². The fourth-order valence-corrected chi connectivity index (χ4v) is 4.90. The Labute approximate surface area is 251 Å². The van der Waals surface area contributed by atoms with Crippen molar-refractivity contribution in [3.05, 3.63) is 131 Å². The molecule has 0 heterocycles. The monoisotopic (exact) mass is 599 g/mol. The Morgan fingerprint density at radius 2 is 1.48 bits per heavy atom. The fourth-order valence-electron chi connectivity index (χ4n) is 3.77. The maximum absolute atomic E-state index is 13.3. The molecule has 0 saturated heterocycles. The Balaban J connectivity index is 1.45. The van der Waals surface area contributed by atoms with Crippen molar-refractivity contribution >= 4 is 64.5 Å². The molecule has 0 aromatic heterocycles. The van der Waals surface area contributed by atoms with E-state index in [0.717, 1.165) is 5.56 Å². The molecule has 0 radical (unpaired) electrons. The Hall–Kier alpha value is -4.86. The number of thioether (sulfide) groups is 1. The van der Waals surface area contributed by atoms with Crippen molar-refractivity contribution in [3.63, 3.8) is 0 Å². The third kappa shape index (κ3) is 8.33. The molecule has 4 N–H and O–H groups in total. The van der Waals surface area contributed by atoms with E-state index in [1.807, 2.05) is 30.3 Å². The van der Waals surface area contributed by atoms with Crippen LogP contribution in [0.25, 0.3) is 6.08 Å². The molecule has 4 aromatic rings. The van der Waals surface area contributed by atoms with Gasteiger partial charge in [0, 0.05) is 21.8 Å². The molecule has 0 aliphatic carbocycles. The van der Waals surface area contributed by atoms with Crippen LogP contribution in [0.5, 0.6) is 0 Å². The van der Waals surface area contributed by atoms with Crippen LogP contribution >= 0.6 is 23.4 Å². The zero-order valence-electron chi connectivity index (χ0n) is 22.3. The quantitative estimate of drug-likeness (QED) is 0.121. The lowest BCUT2D eigenvalue weighted by Crippen LogP contribution is -2.30. The molecule has 1 unspecified atom stereocenters. The van der Waals surface area contributed by atoms with Gasteiger partial charge in [-0.2, -0.15) is 0 Å². The summed E-state index contributed by atoms with van der Waals surface area (Å²) >= 11 is 7.16. The van der Waals surface area contributed by atoms with E-state index in [1.54, 1.807) is 67.6 Å². The first-order valence-corrected chi connectivity index (χ1v) is 14.0. The number of nitrogens with one attached hydrogen (secondary N) is 3. The van der Waals surface area contributed by atoms with Crippen LogP contribution in [0.4, 0.5) is 11.4 Å². The molecule has 3 amide bonds. The SMILES string of the molecule is CC(Sc1cccc(NC(=O)/C(=C/c2ccccc2)NC(=O)c2ccccc2)c1)C(=O)Nc1ccc(Cl)c(C(=O)O)c1. The van der Waals surface area contributed by atoms with Crippen LogP contribution in [-0.4, -0.2) is 34.0 Å². The van der Waals surface area contributed by atoms with E-state index in [9.17, 15) is 24.3 Å². The third-order valence-corrected chi connectivity index (χ3v) is 7.30. The summed E-state index contributed by atoms with van der Waals surface area (Å²) in [5.41, 5.74) is 1.87. The molecule has 1 atom stereocenters. The standard InChI is InChI=1S/C32H26ClN3O5S/c1-20(29(37)34-24-15-16-27(33)26(19-24)32(40)41)42-25-14-8-13-23(18-25)35-31(39)28(17-21-9-4-2-5-10-21)36-30(38)22-11-6-3-7-12-22/h2-20H,1H3,(H,34,37)(H,35,39)(H,36,38)(H,40,41)/b28-17-. The number of carbonyl (C=O) groups is 4. The Morgan fingerprint density at radius 3 is 2.17 bits per heavy atom. The lowest BCUT2D eigenvalue weighted by atomic mass is 10.1. The van der Waals surface area contributed by atoms with Crippen LogP contribution in [0.1, 0.15) is 33.2 Å². The van der Waals surface area contributed by atoms with Crippen molar-refractivity contribution in [2.24, 2.45) is 0 Å². The van der Waals surface area contributed by atoms with Gasteiger partial charge in [0.1, 0.15) is 5.70 Å². The van der Waals surface area contributed by atoms with E-state index in [0.29, 0.717) is 21.8 Å². The minimum atomic E-state index is -1.20. The molecule has 0 saturated carbocycles. The predicted molar refractivity (Wildman–Crippen MR) is 166 cm³/mol. The number of hydrogen-bond donors (Lipinski definition) is 4. The van der Waals surface area contributed by atoms with E-state index >= 15 is 0 Å². The first-order valence-electron chi connectivity index (χ1n) is 12.7. The van der Waals surface area contributed by atoms with Gasteiger partial charge in [-0.15, -0.1) is 11.8 Å². The fraction of sp³-hybridized carbons (Fsp3) is 0.0625. The highest BCUT2D eigenvalue weighted by Gasteiger charge is 2.18. The van der Waals surface area contributed by atoms with Crippen molar-refractivity contribution in [3.8, 4) is 0 Å². The summed E-state index contributed by atoms with van der Waals surface area (Å²) in [6, 6.07) is 28.9. The van der Waals surface area contributed by atoms with Crippen molar-refractivity contribution in [2.75, 3.05) is 10.6 Å². The third-order valence-electron chi connectivity index (χ3n) is 5.88. The van der Waals surface area contributed by atoms with E-state index in [2.05, 4.69) is 16.0 Å². The Bertz CT molecular complexity index is 1640. The van der Waals surface area contributed by atoms with Crippen LogP contribution in [0.3, 0.4) is 0 Å². The topological polar surface area (TPSA) is 125 Å². The first kappa shape index (κ1) is 30.1. The number of carboxylic acid groups (broad SMARTS) is 1. The summed E-state index contributed by atoms with van der Waals surface area (Å²) in [4.78, 5) is 51.0. The molecule has 8 nitrogen and oxygen atoms in total. The number of anilines is 2. The van der Waals surface area contributed by atoms with Crippen LogP contribution < -0.4 is 16.0 Å². The summed E-state index contributed by atoms with van der Waals surface area (Å²) in [6.45, 7) is 1.71. The molecule has 0 fully saturated rings. The smallest absolute Gasteiger partial charge is 0.337 e. The molecule has 42 heavy (non-hydrogen) atoms. The van der Waals surface area contributed by atoms with Gasteiger partial charge in [0.15, 0.2) is 0 Å². The average Bonchev–Trinajstić information content (AvgIpc) is 2.98. The van der Waals surface area contributed by atoms with Gasteiger partial charge in [0.2, 0.25) is 5.91 Å². The van der Waals surface area contributed by atoms with Gasteiger partial charge >= 0.3 is 5.97 Å². The maximum Gasteiger partial charge on any atom is 0.337 e. The highest BCUT2D eigenvalue weighted by molar-refractivity contribution is 8.00. The normalized spacial score (nSPS) is 11.7. The highest BCUT2D eigenvalue weighted by atomic mass is 35.5. The number of aromatic carboxylic acids is 1. The lowest BCUT2D eigenvalue weighted by molar-refractivity contribution is -0.115. The minimum absolute atomic E-state index is 0.0598. The zero-order valence-corrected chi connectivity index (χ0v) is 23.9. The van der Waals surface area contributed by atoms with E-state index in [1.165, 1.54) is 30.0 Å². The van der Waals surface area contributed by atoms with E-state index in [4.69, 9.17) is 11.6 Å². The van der Waals surface area contributed by atoms with Gasteiger partial charge in [-0.25, -0.2) is 4.79 Å². The molecule has 0 aliphatic rings. The molecular weight excluding hydrogens is 574 g/mol. The number of benzene rings is 4. The number of carboxylic acids is 1. The highest BCUT2D eigenvalue weighted by Crippen LogP contribution is 2.28. The molecule has 10 heteroatoms. The van der Waals surface area contributed by atoms with E-state index < -0.39 is 23.0 Å². The summed E-state index contributed by atoms with van der Waals surface area (Å²) in [5.74, 6) is -2.48. The van der Waals surface area contributed by atoms with Crippen molar-refractivity contribution < 1.29 is 24.3 Å². The van der Waals surface area contributed by atoms with Crippen molar-refractivity contribution in [1.29, 1.82) is 0 Å². The minimum Gasteiger partial charge on any atom is -0.478 e. The second-order valence-electron chi connectivity index (χ2n) is 9.02. The second-order valence-corrected chi connectivity index (χ2v) is 10.8. The number of rotatable bonds is 10. The van der Waals surface area contributed by atoms with Gasteiger partial charge in [-0.05, 0) is 67.1 Å². The van der Waals surface area contributed by atoms with Gasteiger partial charge in [-0.1, -0.05) is 66.2 Å². The van der Waals surface area contributed by atoms with Gasteiger partial charge in [-0.3, -0.25) is 14.4 Å². The van der Waals surface area contributed by atoms with Gasteiger partial charge < -0.3 is 21.1 Å². The lowest BCUT2D eigenvalue weighted by Gasteiger charge is -2.14. The van der Waals surface area contributed by atoms with Crippen LogP contribution in [-0.2, 0) is 9.59 Å². The average molecular weight is 600 g/mol. The summed E-state index contributed by atoms with van der Waals surface area (Å²) in [6.07, 6.45) is 1.59. The van der Waals surface area contributed by atoms with Crippen molar-refractivity contribution in [1.82, 2.24) is 5.32 Å². The molecule has 4 aromatic carbocycles. The van der Waals surface area contributed by atoms with E-state index in [-0.39, 0.29) is 22.2 Å². The Kier molecular flexibility index (Phi) is 10.1. The number of halogens is 1. The predicted octanol–water partition coefficient (Wildman–Crippen LogP) is 6.57. The molecule has 0 spiro atoms. The molecule has 0 bridgehead atoms. The molecule has 212 valence electrons. The van der Waals surface area contributed by atoms with Gasteiger partial charge in [0.05, 0.1) is 15.8 Å². The maximum atomic E-state index is 13.3. The van der Waals surface area contributed by atoms with Crippen LogP contribution in [0.2, 0.25) is 5.02 Å². The van der Waals surface area contributed by atoms with Crippen LogP contribution in [0.15, 0.2) is 114 Å². The summed E-state index contributed by atoms with van der Waals surface area (Å²) < 4.78 is 0. The number of hydrogen-bond acceptors (Lipinski definition) is 5. The first-order chi connectivity index (χ1) is 20.2. The van der Waals surface area contributed by atoms with Crippen molar-refractivity contribution in [2.45, 2.75) is 17.1 Å². The molecule has 0 aliphatic heterocycles. The Morgan fingerprint density at radius 1 is 0.810 bits per heavy atom. The number of carbonyl (C=O) groups excluding carboxylic acids is 3. The summed E-state index contributed by atoms with van der Waals surface area (Å²) in [5, 5.41) is 17.0. The second kappa shape index (κ2) is 14.2. The zero-order chi connectivity index (χ0) is 30.1. The molecule has 4 rings (SSSR count).